The topological polar surface area (TPSA) is 76.3 Å². The largest absolute Gasteiger partial charge is 0.337 e. The predicted octanol–water partition coefficient (Wildman–Crippen LogP) is 4.61. The first-order valence-electron chi connectivity index (χ1n) is 9.14. The van der Waals surface area contributed by atoms with Crippen LogP contribution in [0.2, 0.25) is 5.02 Å². The van der Waals surface area contributed by atoms with E-state index in [1.54, 1.807) is 12.1 Å². The van der Waals surface area contributed by atoms with Gasteiger partial charge in [0.25, 0.3) is 0 Å². The first-order valence-corrected chi connectivity index (χ1v) is 11.0. The van der Waals surface area contributed by atoms with Crippen LogP contribution in [0.3, 0.4) is 0 Å². The summed E-state index contributed by atoms with van der Waals surface area (Å²) in [6.45, 7) is 2.24. The lowest BCUT2D eigenvalue weighted by Crippen LogP contribution is -2.38. The summed E-state index contributed by atoms with van der Waals surface area (Å²) >= 11 is 6.16. The highest BCUT2D eigenvalue weighted by Gasteiger charge is 2.37. The van der Waals surface area contributed by atoms with Crippen molar-refractivity contribution in [1.82, 2.24) is 14.4 Å². The maximum absolute atomic E-state index is 13.3. The molecular formula is C20H20ClN3O3S. The van der Waals surface area contributed by atoms with Gasteiger partial charge >= 0.3 is 0 Å². The molecule has 0 bridgehead atoms. The summed E-state index contributed by atoms with van der Waals surface area (Å²) in [5.41, 5.74) is 1.66. The van der Waals surface area contributed by atoms with Gasteiger partial charge in [0.1, 0.15) is 6.04 Å². The van der Waals surface area contributed by atoms with E-state index in [0.717, 1.165) is 24.0 Å². The Morgan fingerprint density at radius 1 is 1.14 bits per heavy atom. The summed E-state index contributed by atoms with van der Waals surface area (Å²) in [5, 5.41) is 4.48. The zero-order chi connectivity index (χ0) is 19.7. The average molecular weight is 418 g/mol. The van der Waals surface area contributed by atoms with Crippen LogP contribution >= 0.6 is 11.6 Å². The fourth-order valence-electron chi connectivity index (χ4n) is 3.38. The molecule has 0 radical (unpaired) electrons. The lowest BCUT2D eigenvalue weighted by atomic mass is 10.1. The fraction of sp³-hybridized carbons (Fsp3) is 0.300. The van der Waals surface area contributed by atoms with Crippen molar-refractivity contribution >= 4 is 21.6 Å². The third-order valence-corrected chi connectivity index (χ3v) is 7.27. The monoisotopic (exact) mass is 417 g/mol. The molecule has 0 spiro atoms. The number of halogens is 1. The second kappa shape index (κ2) is 7.66. The van der Waals surface area contributed by atoms with Gasteiger partial charge in [-0.1, -0.05) is 59.6 Å². The molecule has 8 heteroatoms. The van der Waals surface area contributed by atoms with Crippen molar-refractivity contribution in [2.24, 2.45) is 0 Å². The summed E-state index contributed by atoms with van der Waals surface area (Å²) in [5.74, 6) is 0.775. The quantitative estimate of drug-likeness (QED) is 0.619. The van der Waals surface area contributed by atoms with E-state index < -0.39 is 16.1 Å². The molecular weight excluding hydrogens is 398 g/mol. The van der Waals surface area contributed by atoms with E-state index >= 15 is 0 Å². The molecule has 2 aromatic carbocycles. The summed E-state index contributed by atoms with van der Waals surface area (Å²) < 4.78 is 33.5. The molecule has 1 atom stereocenters. The predicted molar refractivity (Wildman–Crippen MR) is 106 cm³/mol. The van der Waals surface area contributed by atoms with Crippen LogP contribution < -0.4 is 0 Å². The number of nitrogens with zero attached hydrogens (tertiary/aromatic N) is 3. The first kappa shape index (κ1) is 19.1. The van der Waals surface area contributed by atoms with Gasteiger partial charge in [-0.25, -0.2) is 8.42 Å². The lowest BCUT2D eigenvalue weighted by Gasteiger charge is -2.32. The van der Waals surface area contributed by atoms with Crippen molar-refractivity contribution in [3.8, 4) is 11.4 Å². The number of rotatable bonds is 4. The van der Waals surface area contributed by atoms with Crippen LogP contribution in [0, 0.1) is 6.92 Å². The summed E-state index contributed by atoms with van der Waals surface area (Å²) in [4.78, 5) is 4.66. The molecule has 0 aliphatic carbocycles. The zero-order valence-corrected chi connectivity index (χ0v) is 16.9. The van der Waals surface area contributed by atoms with Gasteiger partial charge in [0.05, 0.1) is 4.90 Å². The number of piperidine rings is 1. The second-order valence-electron chi connectivity index (χ2n) is 6.86. The van der Waals surface area contributed by atoms with Crippen LogP contribution in [-0.4, -0.2) is 29.4 Å². The molecule has 28 heavy (non-hydrogen) atoms. The Hall–Kier alpha value is -2.22. The molecule has 0 N–H and O–H groups in total. The maximum atomic E-state index is 13.3. The molecule has 1 aliphatic heterocycles. The zero-order valence-electron chi connectivity index (χ0n) is 15.4. The van der Waals surface area contributed by atoms with E-state index in [9.17, 15) is 8.42 Å². The van der Waals surface area contributed by atoms with Crippen molar-refractivity contribution in [3.63, 3.8) is 0 Å². The molecule has 0 amide bonds. The minimum atomic E-state index is -3.73. The molecule has 146 valence electrons. The van der Waals surface area contributed by atoms with Crippen LogP contribution in [0.25, 0.3) is 11.4 Å². The van der Waals surface area contributed by atoms with Gasteiger partial charge in [-0.3, -0.25) is 0 Å². The Morgan fingerprint density at radius 3 is 2.68 bits per heavy atom. The minimum absolute atomic E-state index is 0.179. The number of benzene rings is 2. The Balaban J connectivity index is 1.68. The van der Waals surface area contributed by atoms with Gasteiger partial charge in [0.15, 0.2) is 0 Å². The molecule has 6 nitrogen and oxygen atoms in total. The van der Waals surface area contributed by atoms with Crippen LogP contribution in [-0.2, 0) is 10.0 Å². The van der Waals surface area contributed by atoms with E-state index in [1.807, 2.05) is 37.3 Å². The average Bonchev–Trinajstić information content (AvgIpc) is 3.21. The number of hydrogen-bond acceptors (Lipinski definition) is 5. The maximum Gasteiger partial charge on any atom is 0.245 e. The second-order valence-corrected chi connectivity index (χ2v) is 9.16. The van der Waals surface area contributed by atoms with Crippen LogP contribution in [0.1, 0.15) is 36.8 Å². The van der Waals surface area contributed by atoms with Gasteiger partial charge in [0, 0.05) is 17.1 Å². The van der Waals surface area contributed by atoms with Crippen LogP contribution in [0.5, 0.6) is 0 Å². The number of aryl methyl sites for hydroxylation is 1. The molecule has 2 heterocycles. The molecule has 1 saturated heterocycles. The van der Waals surface area contributed by atoms with E-state index in [1.165, 1.54) is 10.4 Å². The van der Waals surface area contributed by atoms with Crippen LogP contribution in [0.4, 0.5) is 0 Å². The van der Waals surface area contributed by atoms with Crippen molar-refractivity contribution in [2.45, 2.75) is 37.1 Å². The Morgan fingerprint density at radius 2 is 1.93 bits per heavy atom. The Labute approximate surface area is 169 Å². The van der Waals surface area contributed by atoms with Gasteiger partial charge in [-0.15, -0.1) is 0 Å². The molecule has 1 fully saturated rings. The standard InChI is InChI=1S/C20H20ClN3O3S/c1-14-10-11-16(13-17(14)21)28(25,26)24-12-6-5-9-18(24)20-22-19(23-27-20)15-7-3-2-4-8-15/h2-4,7-8,10-11,13,18H,5-6,9,12H2,1H3. The van der Waals surface area contributed by atoms with E-state index in [4.69, 9.17) is 16.1 Å². The van der Waals surface area contributed by atoms with Gasteiger partial charge in [-0.05, 0) is 37.5 Å². The molecule has 1 aromatic heterocycles. The Kier molecular flexibility index (Phi) is 5.23. The number of aromatic nitrogens is 2. The third kappa shape index (κ3) is 3.57. The summed E-state index contributed by atoms with van der Waals surface area (Å²) in [6.07, 6.45) is 2.32. The first-order chi connectivity index (χ1) is 13.5. The fourth-order valence-corrected chi connectivity index (χ4v) is 5.31. The van der Waals surface area contributed by atoms with Crippen molar-refractivity contribution in [1.29, 1.82) is 0 Å². The van der Waals surface area contributed by atoms with E-state index in [0.29, 0.717) is 29.7 Å². The molecule has 4 rings (SSSR count). The molecule has 0 saturated carbocycles. The van der Waals surface area contributed by atoms with Gasteiger partial charge in [-0.2, -0.15) is 9.29 Å². The normalized spacial score (nSPS) is 18.3. The van der Waals surface area contributed by atoms with Crippen molar-refractivity contribution in [3.05, 3.63) is 65.0 Å². The molecule has 3 aromatic rings. The van der Waals surface area contributed by atoms with Gasteiger partial charge < -0.3 is 4.52 Å². The highest BCUT2D eigenvalue weighted by atomic mass is 35.5. The summed E-state index contributed by atoms with van der Waals surface area (Å²) in [6, 6.07) is 13.8. The van der Waals surface area contributed by atoms with E-state index in [-0.39, 0.29) is 4.90 Å². The minimum Gasteiger partial charge on any atom is -0.337 e. The summed E-state index contributed by atoms with van der Waals surface area (Å²) in [7, 11) is -3.73. The molecule has 1 unspecified atom stereocenters. The Bertz CT molecular complexity index is 1080. The molecule has 1 aliphatic rings. The highest BCUT2D eigenvalue weighted by Crippen LogP contribution is 2.36. The number of hydrogen-bond donors (Lipinski definition) is 0. The number of sulfonamides is 1. The van der Waals surface area contributed by atoms with Crippen molar-refractivity contribution < 1.29 is 12.9 Å². The van der Waals surface area contributed by atoms with E-state index in [2.05, 4.69) is 10.1 Å². The highest BCUT2D eigenvalue weighted by molar-refractivity contribution is 7.89. The smallest absolute Gasteiger partial charge is 0.245 e. The lowest BCUT2D eigenvalue weighted by molar-refractivity contribution is 0.204. The van der Waals surface area contributed by atoms with Crippen LogP contribution in [0.15, 0.2) is 57.9 Å². The third-order valence-electron chi connectivity index (χ3n) is 4.96. The van der Waals surface area contributed by atoms with Gasteiger partial charge in [0.2, 0.25) is 21.7 Å². The van der Waals surface area contributed by atoms with Crippen molar-refractivity contribution in [2.75, 3.05) is 6.54 Å². The SMILES string of the molecule is Cc1ccc(S(=O)(=O)N2CCCCC2c2nc(-c3ccccc3)no2)cc1Cl.